The van der Waals surface area contributed by atoms with Crippen LogP contribution in [0.3, 0.4) is 0 Å². The Balaban J connectivity index is 2.95. The van der Waals surface area contributed by atoms with Gasteiger partial charge >= 0.3 is 6.09 Å². The van der Waals surface area contributed by atoms with Gasteiger partial charge in [-0.1, -0.05) is 29.3 Å². The van der Waals surface area contributed by atoms with Crippen molar-refractivity contribution in [3.8, 4) is 0 Å². The third-order valence-electron chi connectivity index (χ3n) is 2.42. The van der Waals surface area contributed by atoms with Crippen LogP contribution in [-0.4, -0.2) is 31.6 Å². The van der Waals surface area contributed by atoms with Gasteiger partial charge < -0.3 is 10.4 Å². The predicted octanol–water partition coefficient (Wildman–Crippen LogP) is 2.74. The Morgan fingerprint density at radius 1 is 1.37 bits per heavy atom. The van der Waals surface area contributed by atoms with E-state index in [1.165, 1.54) is 12.1 Å². The van der Waals surface area contributed by atoms with Gasteiger partial charge in [0, 0.05) is 6.26 Å². The smallest absolute Gasteiger partial charge is 0.405 e. The second-order valence-corrected chi connectivity index (χ2v) is 7.17. The lowest BCUT2D eigenvalue weighted by Crippen LogP contribution is -2.28. The van der Waals surface area contributed by atoms with Crippen molar-refractivity contribution in [1.82, 2.24) is 5.32 Å². The Morgan fingerprint density at radius 3 is 2.47 bits per heavy atom. The highest BCUT2D eigenvalue weighted by atomic mass is 35.5. The molecule has 19 heavy (non-hydrogen) atoms. The summed E-state index contributed by atoms with van der Waals surface area (Å²) in [5.41, 5.74) is 0.570. The lowest BCUT2D eigenvalue weighted by Gasteiger charge is -2.17. The fraction of sp³-hybridized carbons (Fsp3) is 0.364. The molecule has 0 aliphatic rings. The number of hydrogen-bond acceptors (Lipinski definition) is 3. The van der Waals surface area contributed by atoms with Gasteiger partial charge in [-0.2, -0.15) is 0 Å². The molecule has 1 amide bonds. The van der Waals surface area contributed by atoms with Crippen molar-refractivity contribution in [3.63, 3.8) is 0 Å². The highest BCUT2D eigenvalue weighted by molar-refractivity contribution is 7.90. The fourth-order valence-electron chi connectivity index (χ4n) is 1.53. The molecule has 0 fully saturated rings. The molecule has 0 aromatic heterocycles. The Bertz CT molecular complexity index is 574. The van der Waals surface area contributed by atoms with Crippen LogP contribution in [-0.2, 0) is 9.84 Å². The zero-order valence-corrected chi connectivity index (χ0v) is 12.4. The van der Waals surface area contributed by atoms with Crippen molar-refractivity contribution in [2.24, 2.45) is 0 Å². The molecule has 1 aromatic carbocycles. The monoisotopic (exact) mass is 325 g/mol. The molecule has 1 unspecified atom stereocenters. The first kappa shape index (κ1) is 16.1. The van der Waals surface area contributed by atoms with Crippen molar-refractivity contribution in [3.05, 3.63) is 33.8 Å². The van der Waals surface area contributed by atoms with E-state index in [-0.39, 0.29) is 17.2 Å². The summed E-state index contributed by atoms with van der Waals surface area (Å²) in [5.74, 6) is -0.127. The minimum atomic E-state index is -3.17. The zero-order chi connectivity index (χ0) is 14.6. The molecular formula is C11H13Cl2NO4S. The van der Waals surface area contributed by atoms with Gasteiger partial charge in [0.15, 0.2) is 0 Å². The molecule has 1 atom stereocenters. The van der Waals surface area contributed by atoms with Gasteiger partial charge in [-0.3, -0.25) is 0 Å². The van der Waals surface area contributed by atoms with Gasteiger partial charge in [-0.25, -0.2) is 13.2 Å². The molecule has 0 aliphatic heterocycles. The number of hydrogen-bond donors (Lipinski definition) is 2. The Kier molecular flexibility index (Phi) is 5.46. The summed E-state index contributed by atoms with van der Waals surface area (Å²) in [4.78, 5) is 10.7. The highest BCUT2D eigenvalue weighted by Gasteiger charge is 2.17. The van der Waals surface area contributed by atoms with E-state index < -0.39 is 22.0 Å². The maximum absolute atomic E-state index is 11.2. The van der Waals surface area contributed by atoms with Crippen LogP contribution in [0.2, 0.25) is 10.0 Å². The number of carbonyl (C=O) groups is 1. The molecule has 0 bridgehead atoms. The van der Waals surface area contributed by atoms with Crippen LogP contribution < -0.4 is 5.32 Å². The molecule has 2 N–H and O–H groups in total. The van der Waals surface area contributed by atoms with Crippen LogP contribution >= 0.6 is 23.2 Å². The number of rotatable bonds is 5. The Morgan fingerprint density at radius 2 is 2.00 bits per heavy atom. The number of amides is 1. The second kappa shape index (κ2) is 6.45. The summed E-state index contributed by atoms with van der Waals surface area (Å²) >= 11 is 11.6. The molecule has 0 aliphatic carbocycles. The van der Waals surface area contributed by atoms with E-state index in [2.05, 4.69) is 5.32 Å². The maximum Gasteiger partial charge on any atom is 0.405 e. The third-order valence-corrected chi connectivity index (χ3v) is 4.14. The molecule has 0 radical (unpaired) electrons. The van der Waals surface area contributed by atoms with Crippen molar-refractivity contribution >= 4 is 39.1 Å². The molecule has 106 valence electrons. The van der Waals surface area contributed by atoms with Crippen molar-refractivity contribution < 1.29 is 18.3 Å². The summed E-state index contributed by atoms with van der Waals surface area (Å²) < 4.78 is 22.3. The summed E-state index contributed by atoms with van der Waals surface area (Å²) in [6, 6.07) is 4.02. The topological polar surface area (TPSA) is 83.5 Å². The minimum absolute atomic E-state index is 0.127. The summed E-state index contributed by atoms with van der Waals surface area (Å²) in [6.45, 7) is 0. The van der Waals surface area contributed by atoms with Gasteiger partial charge in [0.25, 0.3) is 0 Å². The summed E-state index contributed by atoms with van der Waals surface area (Å²) in [6.07, 6.45) is -0.00691. The molecular weight excluding hydrogens is 313 g/mol. The first-order chi connectivity index (χ1) is 8.69. The molecule has 5 nitrogen and oxygen atoms in total. The Labute approximate surface area is 121 Å². The quantitative estimate of drug-likeness (QED) is 0.871. The first-order valence-corrected chi connectivity index (χ1v) is 8.13. The van der Waals surface area contributed by atoms with Crippen LogP contribution in [0, 0.1) is 0 Å². The minimum Gasteiger partial charge on any atom is -0.465 e. The SMILES string of the molecule is CS(=O)(=O)CCC(NC(=O)O)c1ccc(Cl)c(Cl)c1. The average molecular weight is 326 g/mol. The molecule has 0 saturated carbocycles. The van der Waals surface area contributed by atoms with E-state index in [1.54, 1.807) is 6.07 Å². The van der Waals surface area contributed by atoms with Crippen molar-refractivity contribution in [1.29, 1.82) is 0 Å². The largest absolute Gasteiger partial charge is 0.465 e. The summed E-state index contributed by atoms with van der Waals surface area (Å²) in [5, 5.41) is 11.7. The van der Waals surface area contributed by atoms with Crippen LogP contribution in [0.5, 0.6) is 0 Å². The second-order valence-electron chi connectivity index (χ2n) is 4.09. The molecule has 0 heterocycles. The van der Waals surface area contributed by atoms with Gasteiger partial charge in [0.05, 0.1) is 21.8 Å². The van der Waals surface area contributed by atoms with E-state index in [0.717, 1.165) is 6.26 Å². The number of halogens is 2. The zero-order valence-electron chi connectivity index (χ0n) is 10.1. The van der Waals surface area contributed by atoms with Crippen LogP contribution in [0.25, 0.3) is 0 Å². The lowest BCUT2D eigenvalue weighted by molar-refractivity contribution is 0.189. The maximum atomic E-state index is 11.2. The summed E-state index contributed by atoms with van der Waals surface area (Å²) in [7, 11) is -3.17. The van der Waals surface area contributed by atoms with Crippen LogP contribution in [0.4, 0.5) is 4.79 Å². The normalized spacial score (nSPS) is 13.0. The standard InChI is InChI=1S/C11H13Cl2NO4S/c1-19(17,18)5-4-10(14-11(15)16)7-2-3-8(12)9(13)6-7/h2-3,6,10,14H,4-5H2,1H3,(H,15,16). The average Bonchev–Trinajstić information content (AvgIpc) is 2.26. The first-order valence-electron chi connectivity index (χ1n) is 5.31. The molecule has 1 aromatic rings. The number of benzene rings is 1. The predicted molar refractivity (Wildman–Crippen MR) is 74.7 cm³/mol. The Hall–Kier alpha value is -0.980. The number of nitrogens with one attached hydrogen (secondary N) is 1. The molecule has 0 spiro atoms. The van der Waals surface area contributed by atoms with E-state index in [9.17, 15) is 13.2 Å². The van der Waals surface area contributed by atoms with Gasteiger partial charge in [-0.15, -0.1) is 0 Å². The lowest BCUT2D eigenvalue weighted by atomic mass is 10.0. The van der Waals surface area contributed by atoms with Crippen molar-refractivity contribution in [2.45, 2.75) is 12.5 Å². The van der Waals surface area contributed by atoms with Gasteiger partial charge in [0.1, 0.15) is 9.84 Å². The number of carboxylic acid groups (broad SMARTS) is 1. The van der Waals surface area contributed by atoms with Gasteiger partial charge in [0.2, 0.25) is 0 Å². The fourth-order valence-corrected chi connectivity index (χ4v) is 2.50. The third kappa shape index (κ3) is 5.67. The van der Waals surface area contributed by atoms with E-state index in [0.29, 0.717) is 10.6 Å². The van der Waals surface area contributed by atoms with E-state index in [1.807, 2.05) is 0 Å². The van der Waals surface area contributed by atoms with E-state index >= 15 is 0 Å². The van der Waals surface area contributed by atoms with Crippen molar-refractivity contribution in [2.75, 3.05) is 12.0 Å². The van der Waals surface area contributed by atoms with Crippen LogP contribution in [0.1, 0.15) is 18.0 Å². The molecule has 1 rings (SSSR count). The van der Waals surface area contributed by atoms with E-state index in [4.69, 9.17) is 28.3 Å². The van der Waals surface area contributed by atoms with Gasteiger partial charge in [-0.05, 0) is 24.1 Å². The number of sulfone groups is 1. The highest BCUT2D eigenvalue weighted by Crippen LogP contribution is 2.27. The molecule has 8 heteroatoms. The molecule has 0 saturated heterocycles. The van der Waals surface area contributed by atoms with Crippen LogP contribution in [0.15, 0.2) is 18.2 Å².